The van der Waals surface area contributed by atoms with Gasteiger partial charge in [-0.25, -0.2) is 9.37 Å². The Hall–Kier alpha value is -3.09. The SMILES string of the molecule is Cc1nc(-c2ccc(F)cc2)sc1-c1ccc(SCc2cccc3ccccc23)nn1. The first-order chi connectivity index (χ1) is 15.2. The molecule has 0 N–H and O–H groups in total. The predicted molar refractivity (Wildman–Crippen MR) is 127 cm³/mol. The van der Waals surface area contributed by atoms with Crippen LogP contribution in [-0.2, 0) is 5.75 Å². The van der Waals surface area contributed by atoms with Gasteiger partial charge in [-0.1, -0.05) is 54.2 Å². The molecular weight excluding hydrogens is 425 g/mol. The minimum atomic E-state index is -0.250. The number of hydrogen-bond donors (Lipinski definition) is 0. The van der Waals surface area contributed by atoms with E-state index in [2.05, 4.69) is 57.6 Å². The number of aromatic nitrogens is 3. The molecule has 0 radical (unpaired) electrons. The van der Waals surface area contributed by atoms with Crippen molar-refractivity contribution in [1.82, 2.24) is 15.2 Å². The van der Waals surface area contributed by atoms with Crippen molar-refractivity contribution >= 4 is 33.9 Å². The van der Waals surface area contributed by atoms with Crippen LogP contribution >= 0.6 is 23.1 Å². The van der Waals surface area contributed by atoms with Crippen LogP contribution in [0.5, 0.6) is 0 Å². The van der Waals surface area contributed by atoms with E-state index < -0.39 is 0 Å². The van der Waals surface area contributed by atoms with Gasteiger partial charge in [0.2, 0.25) is 0 Å². The molecule has 2 aromatic heterocycles. The normalized spacial score (nSPS) is 11.2. The van der Waals surface area contributed by atoms with Gasteiger partial charge in [-0.3, -0.25) is 0 Å². The third-order valence-electron chi connectivity index (χ3n) is 5.02. The minimum absolute atomic E-state index is 0.250. The van der Waals surface area contributed by atoms with Crippen LogP contribution in [0, 0.1) is 12.7 Å². The van der Waals surface area contributed by atoms with Gasteiger partial charge in [0.05, 0.1) is 10.6 Å². The number of fused-ring (bicyclic) bond motifs is 1. The second-order valence-corrected chi connectivity index (χ2v) is 9.12. The second-order valence-electron chi connectivity index (χ2n) is 7.12. The maximum Gasteiger partial charge on any atom is 0.124 e. The molecule has 0 unspecified atom stereocenters. The van der Waals surface area contributed by atoms with Crippen LogP contribution in [0.4, 0.5) is 4.39 Å². The van der Waals surface area contributed by atoms with Gasteiger partial charge in [0.15, 0.2) is 0 Å². The molecule has 0 saturated carbocycles. The number of halogens is 1. The summed E-state index contributed by atoms with van der Waals surface area (Å²) in [6.45, 7) is 1.96. The van der Waals surface area contributed by atoms with Crippen LogP contribution in [-0.4, -0.2) is 15.2 Å². The largest absolute Gasteiger partial charge is 0.241 e. The monoisotopic (exact) mass is 443 g/mol. The minimum Gasteiger partial charge on any atom is -0.241 e. The molecule has 0 aliphatic heterocycles. The molecule has 0 aliphatic rings. The molecule has 2 heterocycles. The van der Waals surface area contributed by atoms with E-state index in [0.29, 0.717) is 0 Å². The first-order valence-electron chi connectivity index (χ1n) is 9.84. The van der Waals surface area contributed by atoms with Gasteiger partial charge in [-0.05, 0) is 59.7 Å². The quantitative estimate of drug-likeness (QED) is 0.270. The molecule has 5 aromatic rings. The Kier molecular flexibility index (Phi) is 5.49. The summed E-state index contributed by atoms with van der Waals surface area (Å²) in [5.74, 6) is 0.587. The van der Waals surface area contributed by atoms with E-state index >= 15 is 0 Å². The van der Waals surface area contributed by atoms with Crippen LogP contribution in [0.15, 0.2) is 83.9 Å². The van der Waals surface area contributed by atoms with E-state index in [1.54, 1.807) is 35.2 Å². The lowest BCUT2D eigenvalue weighted by Gasteiger charge is -2.06. The number of rotatable bonds is 5. The number of thiazole rings is 1. The molecule has 3 nitrogen and oxygen atoms in total. The van der Waals surface area contributed by atoms with Crippen LogP contribution in [0.3, 0.4) is 0 Å². The maximum atomic E-state index is 13.2. The Morgan fingerprint density at radius 2 is 1.68 bits per heavy atom. The van der Waals surface area contributed by atoms with Gasteiger partial charge in [0.1, 0.15) is 21.5 Å². The molecule has 0 aliphatic carbocycles. The highest BCUT2D eigenvalue weighted by Crippen LogP contribution is 2.34. The lowest BCUT2D eigenvalue weighted by atomic mass is 10.1. The molecule has 6 heteroatoms. The van der Waals surface area contributed by atoms with Crippen molar-refractivity contribution < 1.29 is 4.39 Å². The van der Waals surface area contributed by atoms with Gasteiger partial charge in [-0.15, -0.1) is 21.5 Å². The third-order valence-corrected chi connectivity index (χ3v) is 7.21. The molecular formula is C25H18FN3S2. The van der Waals surface area contributed by atoms with Crippen molar-refractivity contribution in [3.63, 3.8) is 0 Å². The molecule has 0 bridgehead atoms. The molecule has 31 heavy (non-hydrogen) atoms. The number of benzene rings is 3. The molecule has 0 fully saturated rings. The number of hydrogen-bond acceptors (Lipinski definition) is 5. The Morgan fingerprint density at radius 1 is 0.871 bits per heavy atom. The van der Waals surface area contributed by atoms with E-state index in [9.17, 15) is 4.39 Å². The summed E-state index contributed by atoms with van der Waals surface area (Å²) in [4.78, 5) is 5.62. The summed E-state index contributed by atoms with van der Waals surface area (Å²) < 4.78 is 13.2. The molecule has 3 aromatic carbocycles. The Balaban J connectivity index is 1.34. The van der Waals surface area contributed by atoms with Gasteiger partial charge < -0.3 is 0 Å². The molecule has 0 spiro atoms. The topological polar surface area (TPSA) is 38.7 Å². The highest BCUT2D eigenvalue weighted by molar-refractivity contribution is 7.98. The van der Waals surface area contributed by atoms with Crippen molar-refractivity contribution in [3.8, 4) is 21.1 Å². The highest BCUT2D eigenvalue weighted by atomic mass is 32.2. The first-order valence-corrected chi connectivity index (χ1v) is 11.6. The average molecular weight is 444 g/mol. The number of thioether (sulfide) groups is 1. The molecule has 0 amide bonds. The summed E-state index contributed by atoms with van der Waals surface area (Å²) >= 11 is 3.22. The van der Waals surface area contributed by atoms with Crippen molar-refractivity contribution in [2.24, 2.45) is 0 Å². The molecule has 0 saturated heterocycles. The zero-order chi connectivity index (χ0) is 21.2. The third kappa shape index (κ3) is 4.22. The smallest absolute Gasteiger partial charge is 0.124 e. The number of nitrogens with zero attached hydrogens (tertiary/aromatic N) is 3. The fourth-order valence-electron chi connectivity index (χ4n) is 3.44. The van der Waals surface area contributed by atoms with E-state index in [4.69, 9.17) is 0 Å². The summed E-state index contributed by atoms with van der Waals surface area (Å²) in [6, 6.07) is 25.2. The fourth-order valence-corrected chi connectivity index (χ4v) is 5.29. The highest BCUT2D eigenvalue weighted by Gasteiger charge is 2.13. The Morgan fingerprint density at radius 3 is 2.48 bits per heavy atom. The molecule has 152 valence electrons. The van der Waals surface area contributed by atoms with Gasteiger partial charge >= 0.3 is 0 Å². The summed E-state index contributed by atoms with van der Waals surface area (Å²) in [6.07, 6.45) is 0. The standard InChI is InChI=1S/C25H18FN3S2/c1-16-24(31-25(27-16)18-9-11-20(26)12-10-18)22-13-14-23(29-28-22)30-15-19-7-4-6-17-5-2-3-8-21(17)19/h2-14H,15H2,1H3. The molecule has 0 atom stereocenters. The van der Waals surface area contributed by atoms with Crippen LogP contribution in [0.1, 0.15) is 11.3 Å². The first kappa shape index (κ1) is 19.8. The van der Waals surface area contributed by atoms with Crippen LogP contribution in [0.2, 0.25) is 0 Å². The molecule has 5 rings (SSSR count). The fraction of sp³-hybridized carbons (Fsp3) is 0.0800. The zero-order valence-corrected chi connectivity index (χ0v) is 18.4. The van der Waals surface area contributed by atoms with Crippen molar-refractivity contribution in [1.29, 1.82) is 0 Å². The Bertz CT molecular complexity index is 1340. The van der Waals surface area contributed by atoms with Gasteiger partial charge in [-0.2, -0.15) is 0 Å². The average Bonchev–Trinajstić information content (AvgIpc) is 3.20. The lowest BCUT2D eigenvalue weighted by molar-refractivity contribution is 0.628. The predicted octanol–water partition coefficient (Wildman–Crippen LogP) is 7.16. The van der Waals surface area contributed by atoms with Crippen molar-refractivity contribution in [2.75, 3.05) is 0 Å². The number of aryl methyl sites for hydroxylation is 1. The van der Waals surface area contributed by atoms with Crippen molar-refractivity contribution in [3.05, 3.63) is 95.9 Å². The van der Waals surface area contributed by atoms with E-state index in [-0.39, 0.29) is 5.82 Å². The van der Waals surface area contributed by atoms with E-state index in [1.165, 1.54) is 28.5 Å². The van der Waals surface area contributed by atoms with E-state index in [1.807, 2.05) is 19.1 Å². The van der Waals surface area contributed by atoms with Gasteiger partial charge in [0.25, 0.3) is 0 Å². The van der Waals surface area contributed by atoms with Crippen molar-refractivity contribution in [2.45, 2.75) is 17.7 Å². The summed E-state index contributed by atoms with van der Waals surface area (Å²) in [5, 5.41) is 13.1. The van der Waals surface area contributed by atoms with Gasteiger partial charge in [0, 0.05) is 11.3 Å². The second kappa shape index (κ2) is 8.57. The zero-order valence-electron chi connectivity index (χ0n) is 16.7. The summed E-state index contributed by atoms with van der Waals surface area (Å²) in [5.41, 5.74) is 3.89. The summed E-state index contributed by atoms with van der Waals surface area (Å²) in [7, 11) is 0. The van der Waals surface area contributed by atoms with Crippen LogP contribution < -0.4 is 0 Å². The van der Waals surface area contributed by atoms with E-state index in [0.717, 1.165) is 37.6 Å². The van der Waals surface area contributed by atoms with Crippen LogP contribution in [0.25, 0.3) is 31.9 Å². The lowest BCUT2D eigenvalue weighted by Crippen LogP contribution is -1.90. The Labute approximate surface area is 188 Å². The maximum absolute atomic E-state index is 13.2.